The van der Waals surface area contributed by atoms with Gasteiger partial charge in [0.15, 0.2) is 5.65 Å². The first kappa shape index (κ1) is 23.6. The van der Waals surface area contributed by atoms with Crippen molar-refractivity contribution < 1.29 is 9.53 Å². The number of carbonyl (C=O) groups is 1. The minimum Gasteiger partial charge on any atom is -0.495 e. The summed E-state index contributed by atoms with van der Waals surface area (Å²) in [5.74, 6) is 1.15. The van der Waals surface area contributed by atoms with Crippen LogP contribution < -0.4 is 15.2 Å². The fraction of sp³-hybridized carbons (Fsp3) is 0.333. The summed E-state index contributed by atoms with van der Waals surface area (Å²) in [5, 5.41) is 4.78. The van der Waals surface area contributed by atoms with Crippen LogP contribution in [0.25, 0.3) is 16.7 Å². The van der Waals surface area contributed by atoms with Gasteiger partial charge in [0.1, 0.15) is 24.0 Å². The van der Waals surface area contributed by atoms with Crippen LogP contribution in [0.4, 0.5) is 5.69 Å². The number of aromatic nitrogens is 4. The van der Waals surface area contributed by atoms with Crippen LogP contribution in [-0.4, -0.2) is 63.4 Å². The molecule has 1 saturated heterocycles. The number of anilines is 1. The second-order valence-corrected chi connectivity index (χ2v) is 9.26. The third-order valence-electron chi connectivity index (χ3n) is 6.72. The first-order valence-corrected chi connectivity index (χ1v) is 12.2. The number of ether oxygens (including phenoxy) is 1. The molecule has 0 unspecified atom stereocenters. The highest BCUT2D eigenvalue weighted by Gasteiger charge is 2.23. The molecule has 0 bridgehead atoms. The summed E-state index contributed by atoms with van der Waals surface area (Å²) in [5.41, 5.74) is 3.29. The van der Waals surface area contributed by atoms with Gasteiger partial charge in [-0.25, -0.2) is 9.67 Å². The second kappa shape index (κ2) is 9.85. The summed E-state index contributed by atoms with van der Waals surface area (Å²) >= 11 is 0. The Hall–Kier alpha value is -4.14. The Labute approximate surface area is 209 Å². The van der Waals surface area contributed by atoms with Crippen LogP contribution in [0.1, 0.15) is 25.3 Å². The molecular formula is C27H30N6O3. The van der Waals surface area contributed by atoms with Crippen molar-refractivity contribution in [2.75, 3.05) is 38.2 Å². The molecule has 5 rings (SSSR count). The van der Waals surface area contributed by atoms with Crippen LogP contribution >= 0.6 is 0 Å². The third-order valence-corrected chi connectivity index (χ3v) is 6.72. The summed E-state index contributed by atoms with van der Waals surface area (Å²) in [7, 11) is 1.66. The highest BCUT2D eigenvalue weighted by molar-refractivity contribution is 5.78. The van der Waals surface area contributed by atoms with Crippen molar-refractivity contribution in [2.45, 2.75) is 26.3 Å². The Morgan fingerprint density at radius 1 is 1.03 bits per heavy atom. The zero-order valence-corrected chi connectivity index (χ0v) is 20.8. The van der Waals surface area contributed by atoms with E-state index in [-0.39, 0.29) is 18.0 Å². The van der Waals surface area contributed by atoms with Gasteiger partial charge >= 0.3 is 0 Å². The predicted molar refractivity (Wildman–Crippen MR) is 139 cm³/mol. The molecule has 3 heterocycles. The maximum absolute atomic E-state index is 13.1. The fourth-order valence-corrected chi connectivity index (χ4v) is 4.58. The van der Waals surface area contributed by atoms with Gasteiger partial charge in [0.05, 0.1) is 24.7 Å². The fourth-order valence-electron chi connectivity index (χ4n) is 4.58. The normalized spacial score (nSPS) is 14.0. The SMILES string of the molecule is COc1ccccc1N1CCN(C(=O)Cn2cnc3c(cnn3-c3ccc(C(C)C)cc3)c2=O)CC1. The van der Waals surface area contributed by atoms with Gasteiger partial charge in [-0.15, -0.1) is 0 Å². The molecule has 0 N–H and O–H groups in total. The van der Waals surface area contributed by atoms with Crippen molar-refractivity contribution in [3.63, 3.8) is 0 Å². The number of amides is 1. The number of rotatable bonds is 6. The molecule has 2 aromatic carbocycles. The average molecular weight is 487 g/mol. The van der Waals surface area contributed by atoms with E-state index in [1.807, 2.05) is 36.4 Å². The first-order chi connectivity index (χ1) is 17.5. The highest BCUT2D eigenvalue weighted by atomic mass is 16.5. The quantitative estimate of drug-likeness (QED) is 0.417. The van der Waals surface area contributed by atoms with Crippen LogP contribution in [0, 0.1) is 0 Å². The van der Waals surface area contributed by atoms with E-state index >= 15 is 0 Å². The molecule has 0 aliphatic carbocycles. The Balaban J connectivity index is 1.29. The molecule has 186 valence electrons. The van der Waals surface area contributed by atoms with E-state index < -0.39 is 0 Å². The molecule has 1 aliphatic heterocycles. The lowest BCUT2D eigenvalue weighted by Gasteiger charge is -2.36. The molecule has 9 heteroatoms. The lowest BCUT2D eigenvalue weighted by molar-refractivity contribution is -0.132. The molecule has 0 saturated carbocycles. The van der Waals surface area contributed by atoms with Crippen molar-refractivity contribution in [2.24, 2.45) is 0 Å². The molecule has 4 aromatic rings. The Morgan fingerprint density at radius 2 is 1.75 bits per heavy atom. The molecule has 1 amide bonds. The summed E-state index contributed by atoms with van der Waals surface area (Å²) in [6.07, 6.45) is 2.96. The summed E-state index contributed by atoms with van der Waals surface area (Å²) in [6, 6.07) is 15.9. The van der Waals surface area contributed by atoms with Crippen molar-refractivity contribution in [1.29, 1.82) is 0 Å². The number of fused-ring (bicyclic) bond motifs is 1. The van der Waals surface area contributed by atoms with E-state index in [2.05, 4.69) is 41.0 Å². The van der Waals surface area contributed by atoms with Crippen molar-refractivity contribution in [3.8, 4) is 11.4 Å². The number of benzene rings is 2. The van der Waals surface area contributed by atoms with Crippen LogP contribution in [-0.2, 0) is 11.3 Å². The minimum absolute atomic E-state index is 0.0509. The van der Waals surface area contributed by atoms with Crippen LogP contribution in [0.15, 0.2) is 65.8 Å². The van der Waals surface area contributed by atoms with Crippen LogP contribution in [0.2, 0.25) is 0 Å². The molecule has 36 heavy (non-hydrogen) atoms. The molecule has 9 nitrogen and oxygen atoms in total. The van der Waals surface area contributed by atoms with Crippen molar-refractivity contribution in [3.05, 3.63) is 77.0 Å². The molecule has 2 aromatic heterocycles. The number of carbonyl (C=O) groups excluding carboxylic acids is 1. The van der Waals surface area contributed by atoms with E-state index in [0.29, 0.717) is 43.1 Å². The monoisotopic (exact) mass is 486 g/mol. The van der Waals surface area contributed by atoms with Crippen LogP contribution in [0.5, 0.6) is 5.75 Å². The van der Waals surface area contributed by atoms with Gasteiger partial charge in [-0.05, 0) is 35.7 Å². The van der Waals surface area contributed by atoms with Crippen molar-refractivity contribution in [1.82, 2.24) is 24.2 Å². The number of piperazine rings is 1. The Morgan fingerprint density at radius 3 is 2.44 bits per heavy atom. The zero-order valence-electron chi connectivity index (χ0n) is 20.8. The minimum atomic E-state index is -0.272. The van der Waals surface area contributed by atoms with Gasteiger partial charge in [0.2, 0.25) is 5.91 Å². The van der Waals surface area contributed by atoms with E-state index in [1.165, 1.54) is 22.7 Å². The Bertz CT molecular complexity index is 1430. The van der Waals surface area contributed by atoms with E-state index in [9.17, 15) is 9.59 Å². The summed E-state index contributed by atoms with van der Waals surface area (Å²) < 4.78 is 8.49. The first-order valence-electron chi connectivity index (χ1n) is 12.2. The molecule has 0 radical (unpaired) electrons. The molecular weight excluding hydrogens is 456 g/mol. The number of nitrogens with zero attached hydrogens (tertiary/aromatic N) is 6. The van der Waals surface area contributed by atoms with Gasteiger partial charge in [-0.3, -0.25) is 14.2 Å². The molecule has 1 fully saturated rings. The number of para-hydroxylation sites is 2. The van der Waals surface area contributed by atoms with Gasteiger partial charge in [-0.1, -0.05) is 38.1 Å². The van der Waals surface area contributed by atoms with Crippen LogP contribution in [0.3, 0.4) is 0 Å². The van der Waals surface area contributed by atoms with Gasteiger partial charge in [0, 0.05) is 26.2 Å². The van der Waals surface area contributed by atoms with E-state index in [1.54, 1.807) is 16.7 Å². The number of hydrogen-bond donors (Lipinski definition) is 0. The average Bonchev–Trinajstić information content (AvgIpc) is 3.35. The maximum atomic E-state index is 13.1. The molecule has 0 spiro atoms. The lowest BCUT2D eigenvalue weighted by atomic mass is 10.0. The summed E-state index contributed by atoms with van der Waals surface area (Å²) in [4.78, 5) is 34.6. The van der Waals surface area contributed by atoms with Gasteiger partial charge in [0.25, 0.3) is 5.56 Å². The van der Waals surface area contributed by atoms with Gasteiger partial charge in [-0.2, -0.15) is 5.10 Å². The topological polar surface area (TPSA) is 85.5 Å². The highest BCUT2D eigenvalue weighted by Crippen LogP contribution is 2.28. The Kier molecular flexibility index (Phi) is 6.45. The standard InChI is InChI=1S/C27H30N6O3/c1-19(2)20-8-10-21(11-9-20)33-26-22(16-29-33)27(35)32(18-28-26)17-25(34)31-14-12-30(13-15-31)23-6-4-5-7-24(23)36-3/h4-11,16,18-19H,12-15,17H2,1-3H3. The number of methoxy groups -OCH3 is 1. The zero-order chi connectivity index (χ0) is 25.2. The van der Waals surface area contributed by atoms with E-state index in [0.717, 1.165) is 17.1 Å². The molecule has 0 atom stereocenters. The lowest BCUT2D eigenvalue weighted by Crippen LogP contribution is -2.50. The van der Waals surface area contributed by atoms with E-state index in [4.69, 9.17) is 4.74 Å². The van der Waals surface area contributed by atoms with Gasteiger partial charge < -0.3 is 14.5 Å². The summed E-state index contributed by atoms with van der Waals surface area (Å²) in [6.45, 7) is 6.77. The largest absolute Gasteiger partial charge is 0.495 e. The second-order valence-electron chi connectivity index (χ2n) is 9.26. The maximum Gasteiger partial charge on any atom is 0.264 e. The molecule has 1 aliphatic rings. The third kappa shape index (κ3) is 4.44. The smallest absolute Gasteiger partial charge is 0.264 e. The van der Waals surface area contributed by atoms with Crippen molar-refractivity contribution >= 4 is 22.6 Å². The number of hydrogen-bond acceptors (Lipinski definition) is 6. The predicted octanol–water partition coefficient (Wildman–Crippen LogP) is 3.06.